The monoisotopic (exact) mass is 332 g/mol. The second-order valence-corrected chi connectivity index (χ2v) is 6.50. The van der Waals surface area contributed by atoms with Crippen LogP contribution in [0.25, 0.3) is 0 Å². The second kappa shape index (κ2) is 7.97. The number of carbonyl (C=O) groups excluding carboxylic acids is 1. The predicted octanol–water partition coefficient (Wildman–Crippen LogP) is 2.63. The van der Waals surface area contributed by atoms with Gasteiger partial charge >= 0.3 is 0 Å². The summed E-state index contributed by atoms with van der Waals surface area (Å²) in [6.45, 7) is 5.65. The average Bonchev–Trinajstić information content (AvgIpc) is 3.03. The smallest absolute Gasteiger partial charge is 0.221 e. The zero-order valence-electron chi connectivity index (χ0n) is 14.3. The van der Waals surface area contributed by atoms with Crippen LogP contribution in [0.3, 0.4) is 0 Å². The molecule has 2 heterocycles. The van der Waals surface area contributed by atoms with E-state index in [1.54, 1.807) is 18.2 Å². The fourth-order valence-electron chi connectivity index (χ4n) is 2.17. The van der Waals surface area contributed by atoms with Gasteiger partial charge in [-0.3, -0.25) is 4.79 Å². The summed E-state index contributed by atoms with van der Waals surface area (Å²) in [5.41, 5.74) is 0.464. The minimum Gasteiger partial charge on any atom is -0.472 e. The predicted molar refractivity (Wildman–Crippen MR) is 89.6 cm³/mol. The first-order valence-corrected chi connectivity index (χ1v) is 7.96. The third-order valence-electron chi connectivity index (χ3n) is 3.20. The number of hydrogen-bond acceptors (Lipinski definition) is 5. The summed E-state index contributed by atoms with van der Waals surface area (Å²) in [4.78, 5) is 16.5. The highest BCUT2D eigenvalue weighted by molar-refractivity contribution is 5.76. The summed E-state index contributed by atoms with van der Waals surface area (Å²) in [7, 11) is 0. The Kier molecular flexibility index (Phi) is 5.98. The van der Waals surface area contributed by atoms with Crippen LogP contribution in [0.2, 0.25) is 0 Å². The molecule has 0 saturated carbocycles. The van der Waals surface area contributed by atoms with Gasteiger partial charge in [0.05, 0.1) is 12.9 Å². The normalized spacial score (nSPS) is 12.7. The largest absolute Gasteiger partial charge is 0.472 e. The van der Waals surface area contributed by atoms with Gasteiger partial charge in [-0.2, -0.15) is 0 Å². The molecule has 0 saturated heterocycles. The van der Waals surface area contributed by atoms with Gasteiger partial charge < -0.3 is 19.6 Å². The standard InChI is InChI=1S/C18H24N2O4/c1-18(2,3)24-17-8-4-6-13(19-17)9-10-16(22)20-14(12-21)15-7-5-11-23-15/h4-8,11,14,21H,9-10,12H2,1-3H3,(H,20,22). The van der Waals surface area contributed by atoms with Crippen LogP contribution in [-0.2, 0) is 11.2 Å². The van der Waals surface area contributed by atoms with Crippen molar-refractivity contribution < 1.29 is 19.1 Å². The number of nitrogens with zero attached hydrogens (tertiary/aromatic N) is 1. The van der Waals surface area contributed by atoms with Crippen molar-refractivity contribution in [1.29, 1.82) is 0 Å². The Hall–Kier alpha value is -2.34. The van der Waals surface area contributed by atoms with E-state index in [0.717, 1.165) is 5.69 Å². The number of pyridine rings is 1. The third kappa shape index (κ3) is 5.70. The number of aliphatic hydroxyl groups excluding tert-OH is 1. The summed E-state index contributed by atoms with van der Waals surface area (Å²) in [6.07, 6.45) is 2.27. The first kappa shape index (κ1) is 18.0. The molecule has 0 fully saturated rings. The summed E-state index contributed by atoms with van der Waals surface area (Å²) >= 11 is 0. The van der Waals surface area contributed by atoms with E-state index in [-0.39, 0.29) is 24.5 Å². The molecule has 0 radical (unpaired) electrons. The van der Waals surface area contributed by atoms with E-state index in [9.17, 15) is 9.90 Å². The van der Waals surface area contributed by atoms with Gasteiger partial charge in [-0.15, -0.1) is 0 Å². The van der Waals surface area contributed by atoms with Crippen LogP contribution < -0.4 is 10.1 Å². The van der Waals surface area contributed by atoms with E-state index < -0.39 is 6.04 Å². The Morgan fingerprint density at radius 1 is 1.33 bits per heavy atom. The molecule has 2 aromatic rings. The number of rotatable bonds is 7. The number of carbonyl (C=O) groups is 1. The van der Waals surface area contributed by atoms with Gasteiger partial charge in [-0.25, -0.2) is 4.98 Å². The molecule has 1 unspecified atom stereocenters. The Balaban J connectivity index is 1.88. The number of nitrogens with one attached hydrogen (secondary N) is 1. The van der Waals surface area contributed by atoms with Gasteiger partial charge in [0.25, 0.3) is 0 Å². The second-order valence-electron chi connectivity index (χ2n) is 6.50. The molecule has 2 aromatic heterocycles. The van der Waals surface area contributed by atoms with Crippen LogP contribution in [-0.4, -0.2) is 28.2 Å². The lowest BCUT2D eigenvalue weighted by Crippen LogP contribution is -2.30. The first-order chi connectivity index (χ1) is 11.4. The molecule has 2 N–H and O–H groups in total. The van der Waals surface area contributed by atoms with Crippen molar-refractivity contribution in [3.63, 3.8) is 0 Å². The molecule has 0 aliphatic rings. The highest BCUT2D eigenvalue weighted by Crippen LogP contribution is 2.16. The van der Waals surface area contributed by atoms with Crippen LogP contribution in [0.15, 0.2) is 41.0 Å². The molecule has 130 valence electrons. The van der Waals surface area contributed by atoms with Crippen LogP contribution in [0.4, 0.5) is 0 Å². The van der Waals surface area contributed by atoms with E-state index in [1.165, 1.54) is 6.26 Å². The molecular weight excluding hydrogens is 308 g/mol. The van der Waals surface area contributed by atoms with Crippen molar-refractivity contribution >= 4 is 5.91 Å². The average molecular weight is 332 g/mol. The van der Waals surface area contributed by atoms with E-state index in [2.05, 4.69) is 10.3 Å². The van der Waals surface area contributed by atoms with Crippen molar-refractivity contribution in [3.05, 3.63) is 48.0 Å². The molecule has 2 rings (SSSR count). The summed E-state index contributed by atoms with van der Waals surface area (Å²) in [6, 6.07) is 8.42. The van der Waals surface area contributed by atoms with Gasteiger partial charge in [0.2, 0.25) is 11.8 Å². The van der Waals surface area contributed by atoms with Gasteiger partial charge in [0, 0.05) is 18.2 Å². The van der Waals surface area contributed by atoms with Crippen LogP contribution in [0.5, 0.6) is 5.88 Å². The molecule has 24 heavy (non-hydrogen) atoms. The van der Waals surface area contributed by atoms with Gasteiger partial charge in [-0.05, 0) is 45.4 Å². The number of furan rings is 1. The fourth-order valence-corrected chi connectivity index (χ4v) is 2.17. The number of ether oxygens (including phenoxy) is 1. The Morgan fingerprint density at radius 2 is 2.12 bits per heavy atom. The first-order valence-electron chi connectivity index (χ1n) is 7.96. The van der Waals surface area contributed by atoms with Crippen LogP contribution >= 0.6 is 0 Å². The fraction of sp³-hybridized carbons (Fsp3) is 0.444. The Bertz CT molecular complexity index is 647. The van der Waals surface area contributed by atoms with Gasteiger partial charge in [-0.1, -0.05) is 6.07 Å². The molecule has 6 nitrogen and oxygen atoms in total. The van der Waals surface area contributed by atoms with E-state index in [4.69, 9.17) is 9.15 Å². The van der Waals surface area contributed by atoms with Crippen molar-refractivity contribution in [1.82, 2.24) is 10.3 Å². The minimum absolute atomic E-state index is 0.172. The summed E-state index contributed by atoms with van der Waals surface area (Å²) in [5.74, 6) is 0.906. The lowest BCUT2D eigenvalue weighted by Gasteiger charge is -2.20. The number of hydrogen-bond donors (Lipinski definition) is 2. The zero-order chi connectivity index (χ0) is 17.6. The number of aromatic nitrogens is 1. The summed E-state index contributed by atoms with van der Waals surface area (Å²) in [5, 5.41) is 12.1. The molecule has 0 spiro atoms. The maximum absolute atomic E-state index is 12.1. The van der Waals surface area contributed by atoms with Crippen molar-refractivity contribution in [2.45, 2.75) is 45.3 Å². The van der Waals surface area contributed by atoms with E-state index in [0.29, 0.717) is 18.1 Å². The highest BCUT2D eigenvalue weighted by Gasteiger charge is 2.16. The van der Waals surface area contributed by atoms with Crippen LogP contribution in [0.1, 0.15) is 44.7 Å². The van der Waals surface area contributed by atoms with E-state index in [1.807, 2.05) is 32.9 Å². The van der Waals surface area contributed by atoms with Crippen molar-refractivity contribution in [2.75, 3.05) is 6.61 Å². The summed E-state index contributed by atoms with van der Waals surface area (Å²) < 4.78 is 10.9. The van der Waals surface area contributed by atoms with Gasteiger partial charge in [0.1, 0.15) is 17.4 Å². The molecule has 0 aliphatic heterocycles. The molecule has 6 heteroatoms. The molecule has 0 aliphatic carbocycles. The number of aryl methyl sites for hydroxylation is 1. The highest BCUT2D eigenvalue weighted by atomic mass is 16.5. The molecule has 0 bridgehead atoms. The third-order valence-corrected chi connectivity index (χ3v) is 3.20. The van der Waals surface area contributed by atoms with Crippen molar-refractivity contribution in [2.24, 2.45) is 0 Å². The topological polar surface area (TPSA) is 84.6 Å². The molecular formula is C18H24N2O4. The minimum atomic E-state index is -0.531. The lowest BCUT2D eigenvalue weighted by molar-refractivity contribution is -0.122. The SMILES string of the molecule is CC(C)(C)Oc1cccc(CCC(=O)NC(CO)c2ccco2)n1. The van der Waals surface area contributed by atoms with E-state index >= 15 is 0 Å². The number of amides is 1. The zero-order valence-corrected chi connectivity index (χ0v) is 14.3. The lowest BCUT2D eigenvalue weighted by atomic mass is 10.2. The molecule has 1 atom stereocenters. The van der Waals surface area contributed by atoms with Crippen molar-refractivity contribution in [3.8, 4) is 5.88 Å². The van der Waals surface area contributed by atoms with Gasteiger partial charge in [0.15, 0.2) is 0 Å². The Morgan fingerprint density at radius 3 is 2.75 bits per heavy atom. The molecule has 1 amide bonds. The maximum Gasteiger partial charge on any atom is 0.221 e. The Labute approximate surface area is 141 Å². The molecule has 0 aromatic carbocycles. The number of aliphatic hydroxyl groups is 1. The maximum atomic E-state index is 12.1. The quantitative estimate of drug-likeness (QED) is 0.814. The van der Waals surface area contributed by atoms with Crippen LogP contribution in [0, 0.1) is 0 Å².